The summed E-state index contributed by atoms with van der Waals surface area (Å²) in [6.45, 7) is 4.17. The number of anilines is 1. The lowest BCUT2D eigenvalue weighted by atomic mass is 10.0. The van der Waals surface area contributed by atoms with E-state index in [1.165, 1.54) is 30.5 Å². The predicted octanol–water partition coefficient (Wildman–Crippen LogP) is 5.47. The molecule has 5 nitrogen and oxygen atoms in total. The first kappa shape index (κ1) is 22.0. The Morgan fingerprint density at radius 3 is 2.47 bits per heavy atom. The summed E-state index contributed by atoms with van der Waals surface area (Å²) in [5.74, 6) is -0.903. The second kappa shape index (κ2) is 9.12. The molecule has 0 aliphatic rings. The van der Waals surface area contributed by atoms with Gasteiger partial charge in [0.1, 0.15) is 17.2 Å². The van der Waals surface area contributed by atoms with Crippen molar-refractivity contribution in [3.8, 4) is 17.2 Å². The fraction of sp³-hybridized carbons (Fsp3) is 0.130. The van der Waals surface area contributed by atoms with Gasteiger partial charge in [-0.05, 0) is 45.5 Å². The molecule has 1 N–H and O–H groups in total. The smallest absolute Gasteiger partial charge is 0.149 e. The summed E-state index contributed by atoms with van der Waals surface area (Å²) in [7, 11) is -0.460. The average Bonchev–Trinajstić information content (AvgIpc) is 2.79. The Kier molecular flexibility index (Phi) is 6.27. The van der Waals surface area contributed by atoms with Gasteiger partial charge in [0.2, 0.25) is 0 Å². The maximum absolute atomic E-state index is 14.9. The number of pyridine rings is 1. The second-order valence-electron chi connectivity index (χ2n) is 7.27. The number of hydrogen-bond acceptors (Lipinski definition) is 5. The van der Waals surface area contributed by atoms with E-state index in [0.717, 1.165) is 5.57 Å². The van der Waals surface area contributed by atoms with Gasteiger partial charge < -0.3 is 5.32 Å². The summed E-state index contributed by atoms with van der Waals surface area (Å²) in [4.78, 5) is 12.9. The van der Waals surface area contributed by atoms with Crippen LogP contribution < -0.4 is 10.9 Å². The number of nitrogens with one attached hydrogen (secondary N) is 1. The van der Waals surface area contributed by atoms with Crippen LogP contribution in [0.5, 0.6) is 0 Å². The normalized spacial score (nSPS) is 11.0. The lowest BCUT2D eigenvalue weighted by Gasteiger charge is -2.14. The topological polar surface area (TPSA) is 74.5 Å². The molecule has 2 heterocycles. The summed E-state index contributed by atoms with van der Waals surface area (Å²) in [5.41, 5.74) is 3.12. The number of aromatic nitrogens is 3. The van der Waals surface area contributed by atoms with E-state index < -0.39 is 19.6 Å². The zero-order valence-electron chi connectivity index (χ0n) is 17.2. The van der Waals surface area contributed by atoms with E-state index in [-0.39, 0.29) is 6.54 Å². The number of benzene rings is 2. The van der Waals surface area contributed by atoms with Crippen LogP contribution in [0.4, 0.5) is 14.5 Å². The second-order valence-corrected chi connectivity index (χ2v) is 9.86. The molecule has 2 aromatic heterocycles. The Hall–Kier alpha value is -3.20. The van der Waals surface area contributed by atoms with Gasteiger partial charge in [0.25, 0.3) is 0 Å². The number of nitriles is 1. The van der Waals surface area contributed by atoms with Crippen molar-refractivity contribution < 1.29 is 8.78 Å². The highest BCUT2D eigenvalue weighted by Crippen LogP contribution is 2.35. The summed E-state index contributed by atoms with van der Waals surface area (Å²) in [6, 6.07) is 9.08. The Labute approximate surface area is 189 Å². The first-order valence-electron chi connectivity index (χ1n) is 9.57. The summed E-state index contributed by atoms with van der Waals surface area (Å²) >= 11 is 6.37. The molecule has 0 saturated heterocycles. The third-order valence-corrected chi connectivity index (χ3v) is 6.21. The van der Waals surface area contributed by atoms with Gasteiger partial charge in [0.15, 0.2) is 0 Å². The first-order valence-corrected chi connectivity index (χ1v) is 12.2. The van der Waals surface area contributed by atoms with Crippen LogP contribution in [-0.4, -0.2) is 28.3 Å². The monoisotopic (exact) mass is 467 g/mol. The van der Waals surface area contributed by atoms with Crippen LogP contribution in [0.3, 0.4) is 0 Å². The molecular weight excluding hydrogens is 451 g/mol. The summed E-state index contributed by atoms with van der Waals surface area (Å²) in [6.07, 6.45) is 4.61. The molecule has 0 atom stereocenters. The maximum Gasteiger partial charge on any atom is 0.149 e. The van der Waals surface area contributed by atoms with Crippen molar-refractivity contribution >= 4 is 41.7 Å². The van der Waals surface area contributed by atoms with Crippen LogP contribution in [0, 0.1) is 23.0 Å². The molecule has 0 aliphatic heterocycles. The maximum atomic E-state index is 14.9. The molecule has 0 unspecified atom stereocenters. The number of halogens is 3. The van der Waals surface area contributed by atoms with Gasteiger partial charge >= 0.3 is 0 Å². The molecule has 0 bridgehead atoms. The van der Waals surface area contributed by atoms with E-state index in [1.54, 1.807) is 18.5 Å². The van der Waals surface area contributed by atoms with Crippen molar-refractivity contribution in [2.24, 2.45) is 0 Å². The van der Waals surface area contributed by atoms with E-state index >= 15 is 0 Å². The number of nitrogens with zero attached hydrogens (tertiary/aromatic N) is 4. The van der Waals surface area contributed by atoms with E-state index in [0.29, 0.717) is 43.9 Å². The third kappa shape index (κ3) is 4.38. The first-order chi connectivity index (χ1) is 15.4. The molecule has 4 rings (SSSR count). The highest BCUT2D eigenvalue weighted by molar-refractivity contribution is 7.63. The van der Waals surface area contributed by atoms with Crippen molar-refractivity contribution in [2.45, 2.75) is 6.54 Å². The van der Waals surface area contributed by atoms with Crippen LogP contribution >= 0.6 is 19.5 Å². The minimum Gasteiger partial charge on any atom is -0.379 e. The summed E-state index contributed by atoms with van der Waals surface area (Å²) in [5, 5.41) is 13.1. The molecule has 160 valence electrons. The fourth-order valence-corrected chi connectivity index (χ4v) is 4.04. The lowest BCUT2D eigenvalue weighted by molar-refractivity contribution is 0.613. The van der Waals surface area contributed by atoms with Crippen LogP contribution in [0.2, 0.25) is 5.02 Å². The third-order valence-electron chi connectivity index (χ3n) is 4.89. The molecule has 0 saturated carbocycles. The highest BCUT2D eigenvalue weighted by Gasteiger charge is 2.15. The fourth-order valence-electron chi connectivity index (χ4n) is 3.24. The molecule has 0 fully saturated rings. The lowest BCUT2D eigenvalue weighted by Crippen LogP contribution is -2.09. The van der Waals surface area contributed by atoms with Gasteiger partial charge in [0.05, 0.1) is 27.9 Å². The quantitative estimate of drug-likeness (QED) is 0.394. The van der Waals surface area contributed by atoms with Crippen LogP contribution in [0.25, 0.3) is 22.0 Å². The standard InChI is InChI=1S/C23H17ClF2N5P/c1-32(2)23-30-10-15(11-31-23)16-6-17-21(7-20(16)26)28-12-18(24)22(17)29-9-14-5-13(8-27)3-4-19(14)25/h3-7,10-12H,9H2,1-2H3,(H,28,29). The van der Waals surface area contributed by atoms with Crippen LogP contribution in [0.1, 0.15) is 11.1 Å². The van der Waals surface area contributed by atoms with Gasteiger partial charge in [-0.2, -0.15) is 5.26 Å². The Morgan fingerprint density at radius 2 is 1.78 bits per heavy atom. The molecule has 32 heavy (non-hydrogen) atoms. The zero-order chi connectivity index (χ0) is 22.8. The van der Waals surface area contributed by atoms with Crippen LogP contribution in [-0.2, 0) is 6.54 Å². The predicted molar refractivity (Wildman–Crippen MR) is 125 cm³/mol. The number of rotatable bonds is 5. The number of fused-ring (bicyclic) bond motifs is 1. The minimum atomic E-state index is -0.461. The molecule has 0 radical (unpaired) electrons. The molecule has 9 heteroatoms. The van der Waals surface area contributed by atoms with Gasteiger partial charge in [0, 0.05) is 53.3 Å². The van der Waals surface area contributed by atoms with E-state index in [2.05, 4.69) is 20.3 Å². The molecule has 0 aliphatic carbocycles. The highest BCUT2D eigenvalue weighted by atomic mass is 35.5. The van der Waals surface area contributed by atoms with Gasteiger partial charge in [-0.3, -0.25) is 4.98 Å². The minimum absolute atomic E-state index is 0.0846. The van der Waals surface area contributed by atoms with Crippen LogP contribution in [0.15, 0.2) is 48.9 Å². The van der Waals surface area contributed by atoms with E-state index in [9.17, 15) is 8.78 Å². The molecular formula is C23H17ClF2N5P. The van der Waals surface area contributed by atoms with Crippen molar-refractivity contribution in [1.29, 1.82) is 5.26 Å². The van der Waals surface area contributed by atoms with E-state index in [4.69, 9.17) is 16.9 Å². The zero-order valence-corrected chi connectivity index (χ0v) is 18.8. The molecule has 0 amide bonds. The van der Waals surface area contributed by atoms with E-state index in [1.807, 2.05) is 19.4 Å². The largest absolute Gasteiger partial charge is 0.379 e. The van der Waals surface area contributed by atoms with Crippen molar-refractivity contribution in [3.05, 3.63) is 76.7 Å². The Morgan fingerprint density at radius 1 is 1.03 bits per heavy atom. The molecule has 4 aromatic rings. The van der Waals surface area contributed by atoms with Gasteiger partial charge in [-0.15, -0.1) is 0 Å². The number of hydrogen-bond donors (Lipinski definition) is 1. The van der Waals surface area contributed by atoms with Crippen molar-refractivity contribution in [3.63, 3.8) is 0 Å². The Bertz CT molecular complexity index is 1350. The van der Waals surface area contributed by atoms with Crippen molar-refractivity contribution in [2.75, 3.05) is 18.6 Å². The average molecular weight is 468 g/mol. The van der Waals surface area contributed by atoms with Gasteiger partial charge in [-0.25, -0.2) is 18.7 Å². The SMILES string of the molecule is CP(C)c1ncc(-c2cc3c(NCc4cc(C#N)ccc4F)c(Cl)cnc3cc2F)cn1. The van der Waals surface area contributed by atoms with Crippen molar-refractivity contribution in [1.82, 2.24) is 15.0 Å². The molecule has 2 aromatic carbocycles. The summed E-state index contributed by atoms with van der Waals surface area (Å²) < 4.78 is 29.1. The molecule has 0 spiro atoms. The Balaban J connectivity index is 1.75. The van der Waals surface area contributed by atoms with Gasteiger partial charge in [-0.1, -0.05) is 11.6 Å².